The first-order valence-electron chi connectivity index (χ1n) is 24.3. The van der Waals surface area contributed by atoms with E-state index in [-0.39, 0.29) is 68.2 Å². The lowest BCUT2D eigenvalue weighted by molar-refractivity contribution is -0.197. The monoisotopic (exact) mass is 1020 g/mol. The van der Waals surface area contributed by atoms with E-state index in [0.29, 0.717) is 56.0 Å². The summed E-state index contributed by atoms with van der Waals surface area (Å²) in [6.07, 6.45) is 4.07. The third kappa shape index (κ3) is 16.4. The molecule has 0 aliphatic carbocycles. The minimum absolute atomic E-state index is 0.00444. The number of rotatable bonds is 17. The molecule has 386 valence electrons. The van der Waals surface area contributed by atoms with Crippen LogP contribution in [0.15, 0.2) is 60.8 Å². The number of carbonyl (C=O) groups excluding carboxylic acids is 7. The van der Waals surface area contributed by atoms with Crippen LogP contribution in [0.3, 0.4) is 0 Å². The number of amides is 4. The van der Waals surface area contributed by atoms with Gasteiger partial charge in [0, 0.05) is 76.1 Å². The Morgan fingerprint density at radius 1 is 0.986 bits per heavy atom. The van der Waals surface area contributed by atoms with Gasteiger partial charge in [-0.15, -0.1) is 18.7 Å². The van der Waals surface area contributed by atoms with E-state index in [0.717, 1.165) is 11.3 Å². The molecule has 6 rings (SSSR count). The molecular formula is C51H69ClN7O11P. The van der Waals surface area contributed by atoms with Crippen molar-refractivity contribution in [3.8, 4) is 5.75 Å². The van der Waals surface area contributed by atoms with E-state index in [4.69, 9.17) is 30.6 Å². The Balaban J connectivity index is 0.00000463. The van der Waals surface area contributed by atoms with Crippen molar-refractivity contribution in [3.05, 3.63) is 88.2 Å². The van der Waals surface area contributed by atoms with Gasteiger partial charge in [-0.05, 0) is 80.2 Å². The molecular weight excluding hydrogens is 953 g/mol. The minimum atomic E-state index is -1.23. The number of carbonyl (C=O) groups is 7. The van der Waals surface area contributed by atoms with Crippen LogP contribution in [0.1, 0.15) is 115 Å². The number of nitrogens with one attached hydrogen (secondary N) is 2. The molecule has 2 saturated heterocycles. The zero-order valence-corrected chi connectivity index (χ0v) is 44.0. The van der Waals surface area contributed by atoms with Gasteiger partial charge in [0.15, 0.2) is 6.10 Å². The van der Waals surface area contributed by atoms with Gasteiger partial charge in [-0.1, -0.05) is 87.8 Å². The quantitative estimate of drug-likeness (QED) is 0.0848. The van der Waals surface area contributed by atoms with Gasteiger partial charge < -0.3 is 29.7 Å². The summed E-state index contributed by atoms with van der Waals surface area (Å²) in [5.41, 5.74) is 2.93. The molecule has 3 aliphatic heterocycles. The van der Waals surface area contributed by atoms with E-state index in [1.165, 1.54) is 18.7 Å². The number of imide groups is 1. The van der Waals surface area contributed by atoms with Crippen molar-refractivity contribution in [1.29, 1.82) is 0 Å². The number of aryl methyl sites for hydroxylation is 1. The van der Waals surface area contributed by atoms with Gasteiger partial charge in [0.25, 0.3) is 11.8 Å². The highest BCUT2D eigenvalue weighted by Gasteiger charge is 2.46. The number of methoxy groups -OCH3 is 1. The van der Waals surface area contributed by atoms with Crippen LogP contribution < -0.4 is 15.4 Å². The fourth-order valence-electron chi connectivity index (χ4n) is 8.15. The molecule has 3 aromatic rings. The van der Waals surface area contributed by atoms with Gasteiger partial charge in [-0.25, -0.2) is 9.59 Å². The standard InChI is InChI=1S/C49H63ClN7O11P.C2H6/c1-29(2)22-39-47(63)66-37(10-8-11-40(58)52-36(24-32-15-18-38(65-7)35(50)23-32)46(62)51-28-49(4,5)48(64)67-39)30(3)44-45(69-44)33-16-13-31(14-17-33)25-55(6)26-34-27-56(54-53-34)21-9-12-43(61)68-57-41(59)19-20-42(57)60;1-2/h8,11,13-18,23,27,29-30,36-37,39,44-45,69H,9-10,12,19-22,24-26,28H2,1-7H3,(H,51,62)(H,52,58);1-2H3/b11-8+;/t30-,36+,37-,39-,44?,45?;/m0./s1. The Hall–Kier alpha value is -5.71. The zero-order chi connectivity index (χ0) is 52.0. The van der Waals surface area contributed by atoms with Gasteiger partial charge in [-0.3, -0.25) is 33.6 Å². The lowest BCUT2D eigenvalue weighted by atomic mass is 9.92. The van der Waals surface area contributed by atoms with Crippen LogP contribution in [0.5, 0.6) is 5.75 Å². The summed E-state index contributed by atoms with van der Waals surface area (Å²) in [6.45, 7) is 14.6. The van der Waals surface area contributed by atoms with Gasteiger partial charge in [-0.2, -0.15) is 0 Å². The summed E-state index contributed by atoms with van der Waals surface area (Å²) in [6, 6.07) is 12.6. The summed E-state index contributed by atoms with van der Waals surface area (Å²) in [5.74, 6) is -3.66. The third-order valence-corrected chi connectivity index (χ3v) is 14.4. The van der Waals surface area contributed by atoms with E-state index < -0.39 is 65.2 Å². The lowest BCUT2D eigenvalue weighted by Crippen LogP contribution is -2.51. The number of benzene rings is 2. The molecule has 0 bridgehead atoms. The number of hydrogen-bond donors (Lipinski definition) is 2. The second kappa shape index (κ2) is 26.1. The van der Waals surface area contributed by atoms with Crippen molar-refractivity contribution < 1.29 is 52.6 Å². The third-order valence-electron chi connectivity index (χ3n) is 12.2. The Morgan fingerprint density at radius 3 is 2.34 bits per heavy atom. The number of hydrogen-bond acceptors (Lipinski definition) is 14. The van der Waals surface area contributed by atoms with E-state index in [1.54, 1.807) is 42.8 Å². The molecule has 2 N–H and O–H groups in total. The molecule has 4 heterocycles. The summed E-state index contributed by atoms with van der Waals surface area (Å²) in [7, 11) is 4.07. The summed E-state index contributed by atoms with van der Waals surface area (Å²) >= 11 is 6.38. The van der Waals surface area contributed by atoms with Crippen molar-refractivity contribution >= 4 is 61.7 Å². The van der Waals surface area contributed by atoms with E-state index in [2.05, 4.69) is 50.1 Å². The molecule has 18 nitrogen and oxygen atoms in total. The van der Waals surface area contributed by atoms with E-state index in [9.17, 15) is 33.6 Å². The highest BCUT2D eigenvalue weighted by molar-refractivity contribution is 7.48. The molecule has 0 radical (unpaired) electrons. The maximum atomic E-state index is 13.9. The van der Waals surface area contributed by atoms with Crippen LogP contribution in [0, 0.1) is 17.3 Å². The molecule has 1 aromatic heterocycles. The van der Waals surface area contributed by atoms with Crippen molar-refractivity contribution in [3.63, 3.8) is 0 Å². The first-order valence-corrected chi connectivity index (χ1v) is 25.8. The predicted molar refractivity (Wildman–Crippen MR) is 267 cm³/mol. The van der Waals surface area contributed by atoms with Crippen LogP contribution in [0.2, 0.25) is 5.02 Å². The molecule has 2 fully saturated rings. The SMILES string of the molecule is CC.COc1ccc(C[C@H]2NC(=O)/C=C/C[C@@H]([C@H](C)C3PC3c3ccc(CN(C)Cc4cn(CCCC(=O)ON5C(=O)CCC5=O)nn4)cc3)OC(=O)[C@H](CC(C)C)OC(=O)C(C)(C)CNC2=O)cc1Cl. The largest absolute Gasteiger partial charge is 0.495 e. The summed E-state index contributed by atoms with van der Waals surface area (Å²) < 4.78 is 19.0. The Bertz CT molecular complexity index is 2380. The number of halogens is 1. The second-order valence-corrected chi connectivity index (χ2v) is 21.1. The number of ether oxygens (including phenoxy) is 3. The Morgan fingerprint density at radius 2 is 1.68 bits per heavy atom. The average molecular weight is 1020 g/mol. The van der Waals surface area contributed by atoms with Crippen LogP contribution in [-0.4, -0.2) is 111 Å². The maximum absolute atomic E-state index is 13.9. The van der Waals surface area contributed by atoms with E-state index >= 15 is 0 Å². The summed E-state index contributed by atoms with van der Waals surface area (Å²) in [5, 5.41) is 14.9. The molecule has 4 amide bonds. The fraction of sp³-hybridized carbons (Fsp3) is 0.549. The first kappa shape index (κ1) is 56.2. The number of cyclic esters (lactones) is 2. The zero-order valence-electron chi connectivity index (χ0n) is 42.2. The average Bonchev–Trinajstić information content (AvgIpc) is 3.91. The van der Waals surface area contributed by atoms with Gasteiger partial charge in [0.2, 0.25) is 11.8 Å². The highest BCUT2D eigenvalue weighted by atomic mass is 35.5. The van der Waals surface area contributed by atoms with Crippen LogP contribution in [0.25, 0.3) is 0 Å². The normalized spacial score (nSPS) is 23.0. The van der Waals surface area contributed by atoms with E-state index in [1.807, 2.05) is 47.9 Å². The molecule has 0 spiro atoms. The predicted octanol–water partition coefficient (Wildman–Crippen LogP) is 6.42. The second-order valence-electron chi connectivity index (χ2n) is 19.0. The molecule has 20 heteroatoms. The molecule has 3 aliphatic rings. The Kier molecular flexibility index (Phi) is 20.7. The molecule has 0 saturated carbocycles. The van der Waals surface area contributed by atoms with Crippen molar-refractivity contribution in [2.75, 3.05) is 20.7 Å². The van der Waals surface area contributed by atoms with Crippen LogP contribution in [-0.2, 0) is 73.9 Å². The van der Waals surface area contributed by atoms with Crippen LogP contribution in [0.4, 0.5) is 0 Å². The number of aromatic nitrogens is 3. The number of esters is 2. The topological polar surface area (TPSA) is 218 Å². The fourth-order valence-corrected chi connectivity index (χ4v) is 10.1. The van der Waals surface area contributed by atoms with Crippen molar-refractivity contribution in [2.24, 2.45) is 17.3 Å². The first-order chi connectivity index (χ1) is 33.8. The Labute approximate surface area is 423 Å². The minimum Gasteiger partial charge on any atom is -0.495 e. The number of hydroxylamine groups is 2. The van der Waals surface area contributed by atoms with Gasteiger partial charge in [0.05, 0.1) is 23.2 Å². The van der Waals surface area contributed by atoms with Crippen molar-refractivity contribution in [1.82, 2.24) is 35.6 Å². The maximum Gasteiger partial charge on any atom is 0.347 e. The smallest absolute Gasteiger partial charge is 0.347 e. The van der Waals surface area contributed by atoms with Gasteiger partial charge >= 0.3 is 17.9 Å². The van der Waals surface area contributed by atoms with Gasteiger partial charge in [0.1, 0.15) is 17.9 Å². The molecule has 7 atom stereocenters. The number of nitrogens with zero attached hydrogens (tertiary/aromatic N) is 5. The van der Waals surface area contributed by atoms with Crippen molar-refractivity contribution in [2.45, 2.75) is 143 Å². The summed E-state index contributed by atoms with van der Waals surface area (Å²) in [4.78, 5) is 97.3. The molecule has 3 unspecified atom stereocenters. The van der Waals surface area contributed by atoms with Crippen LogP contribution >= 0.6 is 20.2 Å². The lowest BCUT2D eigenvalue weighted by Gasteiger charge is -2.30. The molecule has 2 aromatic carbocycles. The highest BCUT2D eigenvalue weighted by Crippen LogP contribution is 2.65. The molecule has 71 heavy (non-hydrogen) atoms.